The number of nitrogens with zero attached hydrogens (tertiary/aromatic N) is 2. The molecule has 0 aliphatic carbocycles. The maximum absolute atomic E-state index is 14.6. The number of benzene rings is 3. The quantitative estimate of drug-likeness (QED) is 0.191. The molecule has 1 saturated heterocycles. The van der Waals surface area contributed by atoms with Crippen LogP contribution in [0.5, 0.6) is 5.75 Å². The van der Waals surface area contributed by atoms with Gasteiger partial charge in [-0.3, -0.25) is 9.59 Å². The molecule has 5 atom stereocenters. The molecule has 1 spiro atoms. The largest absolute Gasteiger partial charge is 0.497 e. The number of ether oxygens (including phenoxy) is 2. The van der Waals surface area contributed by atoms with Crippen molar-refractivity contribution >= 4 is 53.4 Å². The maximum atomic E-state index is 14.6. The highest BCUT2D eigenvalue weighted by Gasteiger charge is 2.66. The van der Waals surface area contributed by atoms with Gasteiger partial charge in [0.25, 0.3) is 5.91 Å². The van der Waals surface area contributed by atoms with Gasteiger partial charge in [-0.05, 0) is 76.0 Å². The second-order valence-electron chi connectivity index (χ2n) is 13.1. The lowest BCUT2D eigenvalue weighted by Crippen LogP contribution is -2.52. The molecule has 0 aromatic heterocycles. The van der Waals surface area contributed by atoms with Crippen LogP contribution in [0.2, 0.25) is 18.6 Å². The van der Waals surface area contributed by atoms with Gasteiger partial charge in [0.15, 0.2) is 5.60 Å². The van der Waals surface area contributed by atoms with E-state index in [2.05, 4.69) is 79.5 Å². The summed E-state index contributed by atoms with van der Waals surface area (Å²) in [6.45, 7) is 11.4. The van der Waals surface area contributed by atoms with Crippen LogP contribution in [0.1, 0.15) is 30.0 Å². The first-order valence-corrected chi connectivity index (χ1v) is 19.7. The number of rotatable bonds is 8. The van der Waals surface area contributed by atoms with Crippen LogP contribution >= 0.6 is 22.6 Å². The molecular weight excluding hydrogens is 695 g/mol. The molecule has 3 aliphatic rings. The number of carbonyl (C=O) groups is 2. The molecule has 6 rings (SSSR count). The fourth-order valence-electron chi connectivity index (χ4n) is 8.13. The summed E-state index contributed by atoms with van der Waals surface area (Å²) in [4.78, 5) is 32.5. The van der Waals surface area contributed by atoms with Gasteiger partial charge in [0, 0.05) is 28.1 Å². The monoisotopic (exact) mass is 736 g/mol. The smallest absolute Gasteiger partial charge is 0.264 e. The molecule has 0 bridgehead atoms. The third kappa shape index (κ3) is 5.25. The van der Waals surface area contributed by atoms with Crippen LogP contribution in [-0.2, 0) is 32.9 Å². The Morgan fingerprint density at radius 3 is 2.53 bits per heavy atom. The molecule has 0 radical (unpaired) electrons. The van der Waals surface area contributed by atoms with Gasteiger partial charge in [-0.25, -0.2) is 0 Å². The summed E-state index contributed by atoms with van der Waals surface area (Å²) in [6.07, 6.45) is 2.00. The van der Waals surface area contributed by atoms with Crippen LogP contribution in [0.25, 0.3) is 0 Å². The number of hydrogen-bond donors (Lipinski definition) is 1. The average molecular weight is 737 g/mol. The Bertz CT molecular complexity index is 1630. The summed E-state index contributed by atoms with van der Waals surface area (Å²) >= 11 is 2.29. The minimum Gasteiger partial charge on any atom is -0.497 e. The predicted molar refractivity (Wildman–Crippen MR) is 187 cm³/mol. The van der Waals surface area contributed by atoms with Gasteiger partial charge in [0.2, 0.25) is 5.91 Å². The zero-order valence-corrected chi connectivity index (χ0v) is 29.5. The Balaban J connectivity index is 1.43. The van der Waals surface area contributed by atoms with Gasteiger partial charge in [-0.1, -0.05) is 67.7 Å². The minimum atomic E-state index is -2.40. The van der Waals surface area contributed by atoms with Gasteiger partial charge in [0.1, 0.15) is 5.75 Å². The Morgan fingerprint density at radius 1 is 1.16 bits per heavy atom. The van der Waals surface area contributed by atoms with E-state index >= 15 is 0 Å². The molecule has 1 N–H and O–H groups in total. The Morgan fingerprint density at radius 2 is 1.87 bits per heavy atom. The first kappa shape index (κ1) is 32.0. The van der Waals surface area contributed by atoms with E-state index in [1.807, 2.05) is 41.3 Å². The molecule has 7 nitrogen and oxygen atoms in total. The lowest BCUT2D eigenvalue weighted by atomic mass is 9.82. The highest BCUT2D eigenvalue weighted by molar-refractivity contribution is 14.1. The number of aliphatic hydroxyl groups is 1. The van der Waals surface area contributed by atoms with Crippen LogP contribution in [0.4, 0.5) is 5.69 Å². The molecular formula is C36H41IN2O5Si. The zero-order valence-electron chi connectivity index (χ0n) is 26.3. The number of halogens is 1. The molecule has 236 valence electrons. The van der Waals surface area contributed by atoms with E-state index in [1.54, 1.807) is 18.1 Å². The van der Waals surface area contributed by atoms with Gasteiger partial charge < -0.3 is 24.4 Å². The van der Waals surface area contributed by atoms with Gasteiger partial charge in [-0.2, -0.15) is 0 Å². The van der Waals surface area contributed by atoms with Crippen molar-refractivity contribution in [2.24, 2.45) is 5.92 Å². The van der Waals surface area contributed by atoms with Gasteiger partial charge >= 0.3 is 0 Å². The summed E-state index contributed by atoms with van der Waals surface area (Å²) in [5, 5.41) is 11.6. The fourth-order valence-corrected chi connectivity index (χ4v) is 12.6. The number of anilines is 1. The number of hydrogen-bond acceptors (Lipinski definition) is 5. The zero-order chi connectivity index (χ0) is 32.1. The van der Waals surface area contributed by atoms with E-state index in [1.165, 1.54) is 10.8 Å². The van der Waals surface area contributed by atoms with Crippen LogP contribution in [0.15, 0.2) is 79.4 Å². The van der Waals surface area contributed by atoms with Crippen molar-refractivity contribution in [3.05, 3.63) is 99.6 Å². The number of aliphatic hydroxyl groups excluding tert-OH is 1. The molecule has 3 aromatic carbocycles. The second kappa shape index (κ2) is 12.3. The van der Waals surface area contributed by atoms with Crippen LogP contribution in [-0.4, -0.2) is 62.3 Å². The summed E-state index contributed by atoms with van der Waals surface area (Å²) in [5.41, 5.74) is 2.71. The molecule has 1 fully saturated rings. The lowest BCUT2D eigenvalue weighted by Gasteiger charge is -2.39. The number of fused-ring (bicyclic) bond motifs is 3. The lowest BCUT2D eigenvalue weighted by molar-refractivity contribution is -0.150. The summed E-state index contributed by atoms with van der Waals surface area (Å²) in [5.74, 6) is 0.441. The maximum Gasteiger partial charge on any atom is 0.264 e. The minimum absolute atomic E-state index is 0.0569. The average Bonchev–Trinajstić information content (AvgIpc) is 3.46. The summed E-state index contributed by atoms with van der Waals surface area (Å²) in [7, 11) is -0.739. The fraction of sp³-hybridized carbons (Fsp3) is 0.389. The van der Waals surface area contributed by atoms with Gasteiger partial charge in [-0.15, -0.1) is 6.58 Å². The van der Waals surface area contributed by atoms with Crippen molar-refractivity contribution in [1.82, 2.24) is 4.90 Å². The van der Waals surface area contributed by atoms with E-state index in [9.17, 15) is 14.7 Å². The van der Waals surface area contributed by atoms with E-state index in [0.717, 1.165) is 26.1 Å². The topological polar surface area (TPSA) is 79.3 Å². The standard InChI is InChI=1S/C36H41IN2O5Si/c1-6-17-38-31-16-11-26(37)19-30(31)36(35(38)42)23(2)34(45(4,5)29-14-12-28(43-3)13-15-29)32(44-36)20-33(41)39-21-25-10-8-7-9-24(25)18-27(39)22-40/h6-16,19,23,27,32,34,40H,1,17-18,20-22H2,2-5H3/t23-,27+,32+,34-,36+/m1/s1. The SMILES string of the molecule is C=CCN1C(=O)[C@@]2(O[C@@H](CC(=O)N3Cc4ccccc4C[C@H]3CO)[C@H]([Si](C)(C)c3ccc(OC)cc3)[C@H]2C)c2cc(I)ccc21. The molecule has 45 heavy (non-hydrogen) atoms. The van der Waals surface area contributed by atoms with Gasteiger partial charge in [0.05, 0.1) is 46.0 Å². The molecule has 0 unspecified atom stereocenters. The van der Waals surface area contributed by atoms with Crippen LogP contribution in [0, 0.1) is 9.49 Å². The van der Waals surface area contributed by atoms with E-state index in [-0.39, 0.29) is 42.3 Å². The summed E-state index contributed by atoms with van der Waals surface area (Å²) < 4.78 is 13.6. The van der Waals surface area contributed by atoms with E-state index in [0.29, 0.717) is 19.5 Å². The molecule has 9 heteroatoms. The number of amides is 2. The van der Waals surface area contributed by atoms with E-state index in [4.69, 9.17) is 9.47 Å². The van der Waals surface area contributed by atoms with Crippen LogP contribution in [0.3, 0.4) is 0 Å². The Hall–Kier alpha value is -2.99. The third-order valence-electron chi connectivity index (χ3n) is 10.4. The third-order valence-corrected chi connectivity index (χ3v) is 15.4. The Kier molecular flexibility index (Phi) is 8.75. The highest BCUT2D eigenvalue weighted by atomic mass is 127. The van der Waals surface area contributed by atoms with Crippen molar-refractivity contribution in [1.29, 1.82) is 0 Å². The van der Waals surface area contributed by atoms with E-state index < -0.39 is 19.8 Å². The highest BCUT2D eigenvalue weighted by Crippen LogP contribution is 2.60. The number of methoxy groups -OCH3 is 1. The molecule has 0 saturated carbocycles. The summed E-state index contributed by atoms with van der Waals surface area (Å²) in [6, 6.07) is 22.1. The Labute approximate surface area is 280 Å². The molecule has 3 heterocycles. The molecule has 3 aliphatic heterocycles. The normalized spacial score (nSPS) is 25.8. The van der Waals surface area contributed by atoms with Crippen molar-refractivity contribution in [3.63, 3.8) is 0 Å². The molecule has 2 amide bonds. The van der Waals surface area contributed by atoms with Crippen molar-refractivity contribution in [3.8, 4) is 5.75 Å². The van der Waals surface area contributed by atoms with Crippen molar-refractivity contribution in [2.75, 3.05) is 25.2 Å². The number of carbonyl (C=O) groups excluding carboxylic acids is 2. The first-order valence-electron chi connectivity index (χ1n) is 15.6. The first-order chi connectivity index (χ1) is 21.6. The van der Waals surface area contributed by atoms with Crippen molar-refractivity contribution in [2.45, 2.75) is 62.7 Å². The predicted octanol–water partition coefficient (Wildman–Crippen LogP) is 5.38. The second-order valence-corrected chi connectivity index (χ2v) is 19.0. The van der Waals surface area contributed by atoms with Crippen LogP contribution < -0.4 is 14.8 Å². The van der Waals surface area contributed by atoms with Crippen molar-refractivity contribution < 1.29 is 24.2 Å². The molecule has 3 aromatic rings.